The molecule has 1 N–H and O–H groups in total. The second kappa shape index (κ2) is 9.45. The Morgan fingerprint density at radius 3 is 2.59 bits per heavy atom. The summed E-state index contributed by atoms with van der Waals surface area (Å²) in [6.07, 6.45) is 8.64. The number of benzene rings is 1. The molecule has 0 aliphatic heterocycles. The van der Waals surface area contributed by atoms with Crippen LogP contribution < -0.4 is 10.1 Å². The minimum Gasteiger partial charge on any atom is -0.497 e. The van der Waals surface area contributed by atoms with Gasteiger partial charge in [0.2, 0.25) is 17.5 Å². The number of oxazole rings is 1. The maximum absolute atomic E-state index is 9.41. The van der Waals surface area contributed by atoms with Gasteiger partial charge in [0.1, 0.15) is 11.8 Å². The Balaban J connectivity index is 1.59. The summed E-state index contributed by atoms with van der Waals surface area (Å²) in [6.45, 7) is 2.83. The van der Waals surface area contributed by atoms with Crippen LogP contribution in [-0.4, -0.2) is 12.1 Å². The summed E-state index contributed by atoms with van der Waals surface area (Å²) in [6, 6.07) is 9.99. The maximum Gasteiger partial charge on any atom is 0.232 e. The van der Waals surface area contributed by atoms with Gasteiger partial charge in [0.25, 0.3) is 0 Å². The number of hydrogen-bond donors (Lipinski definition) is 1. The van der Waals surface area contributed by atoms with E-state index in [0.29, 0.717) is 24.0 Å². The number of aromatic nitrogens is 1. The number of nitrogens with zero attached hydrogens (tertiary/aromatic N) is 2. The highest BCUT2D eigenvalue weighted by Gasteiger charge is 2.27. The molecule has 1 aromatic heterocycles. The quantitative estimate of drug-likeness (QED) is 0.654. The fraction of sp³-hybridized carbons (Fsp3) is 0.545. The van der Waals surface area contributed by atoms with Crippen molar-refractivity contribution >= 4 is 5.88 Å². The topological polar surface area (TPSA) is 71.1 Å². The first kappa shape index (κ1) is 19.3. The molecular formula is C22H29N3O2. The Morgan fingerprint density at radius 2 is 1.96 bits per heavy atom. The van der Waals surface area contributed by atoms with E-state index in [1.807, 2.05) is 24.3 Å². The molecule has 0 unspecified atom stereocenters. The molecule has 0 saturated heterocycles. The summed E-state index contributed by atoms with van der Waals surface area (Å²) < 4.78 is 11.1. The van der Waals surface area contributed by atoms with Crippen LogP contribution in [0.5, 0.6) is 5.75 Å². The first-order valence-electron chi connectivity index (χ1n) is 10.0. The average Bonchev–Trinajstić information content (AvgIpc) is 3.14. The minimum absolute atomic E-state index is 0.339. The van der Waals surface area contributed by atoms with Crippen molar-refractivity contribution in [1.29, 1.82) is 5.26 Å². The van der Waals surface area contributed by atoms with Crippen LogP contribution in [0.4, 0.5) is 5.88 Å². The van der Waals surface area contributed by atoms with Crippen LogP contribution in [0.1, 0.15) is 74.9 Å². The zero-order chi connectivity index (χ0) is 19.1. The average molecular weight is 367 g/mol. The van der Waals surface area contributed by atoms with E-state index in [4.69, 9.17) is 9.15 Å². The molecule has 0 spiro atoms. The van der Waals surface area contributed by atoms with Crippen LogP contribution in [0.25, 0.3) is 0 Å². The van der Waals surface area contributed by atoms with Crippen LogP contribution in [0, 0.1) is 17.2 Å². The van der Waals surface area contributed by atoms with E-state index in [-0.39, 0.29) is 0 Å². The molecule has 1 aliphatic carbocycles. The Hall–Kier alpha value is -2.48. The zero-order valence-electron chi connectivity index (χ0n) is 16.3. The van der Waals surface area contributed by atoms with Gasteiger partial charge in [-0.25, -0.2) is 4.98 Å². The SMILES string of the molecule is CCCCC1CCC(c2nc(C#N)c(NCc3ccc(OC)cc3)o2)CC1. The second-order valence-electron chi connectivity index (χ2n) is 7.40. The molecular weight excluding hydrogens is 338 g/mol. The lowest BCUT2D eigenvalue weighted by molar-refractivity contribution is 0.278. The van der Waals surface area contributed by atoms with Gasteiger partial charge in [-0.2, -0.15) is 5.26 Å². The lowest BCUT2D eigenvalue weighted by Gasteiger charge is -2.26. The molecule has 1 fully saturated rings. The van der Waals surface area contributed by atoms with Gasteiger partial charge in [-0.3, -0.25) is 0 Å². The first-order valence-corrected chi connectivity index (χ1v) is 10.0. The van der Waals surface area contributed by atoms with Crippen molar-refractivity contribution in [2.24, 2.45) is 5.92 Å². The van der Waals surface area contributed by atoms with Gasteiger partial charge in [-0.05, 0) is 49.3 Å². The van der Waals surface area contributed by atoms with E-state index in [1.165, 1.54) is 32.1 Å². The lowest BCUT2D eigenvalue weighted by Crippen LogP contribution is -2.13. The van der Waals surface area contributed by atoms with Gasteiger partial charge in [0.15, 0.2) is 0 Å². The highest BCUT2D eigenvalue weighted by molar-refractivity contribution is 5.46. The Labute approximate surface area is 161 Å². The van der Waals surface area contributed by atoms with Crippen LogP contribution in [0.15, 0.2) is 28.7 Å². The van der Waals surface area contributed by atoms with Crippen molar-refractivity contribution in [3.63, 3.8) is 0 Å². The third kappa shape index (κ3) is 5.03. The Kier molecular flexibility index (Phi) is 6.75. The number of anilines is 1. The monoisotopic (exact) mass is 367 g/mol. The third-order valence-electron chi connectivity index (χ3n) is 5.52. The van der Waals surface area contributed by atoms with Crippen LogP contribution in [0.2, 0.25) is 0 Å². The summed E-state index contributed by atoms with van der Waals surface area (Å²) in [4.78, 5) is 4.47. The molecule has 1 saturated carbocycles. The second-order valence-corrected chi connectivity index (χ2v) is 7.40. The lowest BCUT2D eigenvalue weighted by atomic mass is 9.80. The van der Waals surface area contributed by atoms with Gasteiger partial charge >= 0.3 is 0 Å². The first-order chi connectivity index (χ1) is 13.2. The summed E-state index contributed by atoms with van der Waals surface area (Å²) in [5.41, 5.74) is 1.45. The zero-order valence-corrected chi connectivity index (χ0v) is 16.3. The largest absolute Gasteiger partial charge is 0.497 e. The number of nitriles is 1. The van der Waals surface area contributed by atoms with Gasteiger partial charge in [-0.15, -0.1) is 0 Å². The van der Waals surface area contributed by atoms with Gasteiger partial charge in [0.05, 0.1) is 7.11 Å². The molecule has 5 nitrogen and oxygen atoms in total. The van der Waals surface area contributed by atoms with Crippen molar-refractivity contribution in [2.75, 3.05) is 12.4 Å². The summed E-state index contributed by atoms with van der Waals surface area (Å²) >= 11 is 0. The molecule has 1 aromatic carbocycles. The molecule has 27 heavy (non-hydrogen) atoms. The van der Waals surface area contributed by atoms with E-state index < -0.39 is 0 Å². The highest BCUT2D eigenvalue weighted by Crippen LogP contribution is 2.38. The number of unbranched alkanes of at least 4 members (excludes halogenated alkanes) is 1. The van der Waals surface area contributed by atoms with E-state index in [9.17, 15) is 5.26 Å². The maximum atomic E-state index is 9.41. The standard InChI is InChI=1S/C22H29N3O2/c1-3-4-5-16-6-10-18(11-7-16)21-25-20(14-23)22(27-21)24-15-17-8-12-19(26-2)13-9-17/h8-9,12-13,16,18,24H,3-7,10-11,15H2,1-2H3. The number of methoxy groups -OCH3 is 1. The van der Waals surface area contributed by atoms with Crippen molar-refractivity contribution in [3.8, 4) is 11.8 Å². The molecule has 2 aromatic rings. The van der Waals surface area contributed by atoms with Crippen molar-refractivity contribution in [2.45, 2.75) is 64.3 Å². The predicted octanol–water partition coefficient (Wildman–Crippen LogP) is 5.63. The molecule has 1 heterocycles. The van der Waals surface area contributed by atoms with Crippen molar-refractivity contribution in [3.05, 3.63) is 41.4 Å². The van der Waals surface area contributed by atoms with E-state index >= 15 is 0 Å². The van der Waals surface area contributed by atoms with Gasteiger partial charge < -0.3 is 14.5 Å². The highest BCUT2D eigenvalue weighted by atomic mass is 16.5. The number of nitrogens with one attached hydrogen (secondary N) is 1. The van der Waals surface area contributed by atoms with Crippen LogP contribution in [-0.2, 0) is 6.54 Å². The smallest absolute Gasteiger partial charge is 0.232 e. The van der Waals surface area contributed by atoms with Crippen molar-refractivity contribution in [1.82, 2.24) is 4.98 Å². The Morgan fingerprint density at radius 1 is 1.22 bits per heavy atom. The summed E-state index contributed by atoms with van der Waals surface area (Å²) in [7, 11) is 1.65. The van der Waals surface area contributed by atoms with E-state index in [0.717, 1.165) is 36.0 Å². The van der Waals surface area contributed by atoms with Crippen molar-refractivity contribution < 1.29 is 9.15 Å². The van der Waals surface area contributed by atoms with Gasteiger partial charge in [0, 0.05) is 12.5 Å². The summed E-state index contributed by atoms with van der Waals surface area (Å²) in [5, 5.41) is 12.6. The minimum atomic E-state index is 0.339. The number of ether oxygens (including phenoxy) is 1. The molecule has 0 radical (unpaired) electrons. The molecule has 3 rings (SSSR count). The van der Waals surface area contributed by atoms with E-state index in [2.05, 4.69) is 23.3 Å². The molecule has 0 bridgehead atoms. The molecule has 1 aliphatic rings. The fourth-order valence-corrected chi connectivity index (χ4v) is 3.82. The number of rotatable bonds is 8. The Bertz CT molecular complexity index is 753. The molecule has 144 valence electrons. The molecule has 5 heteroatoms. The van der Waals surface area contributed by atoms with Gasteiger partial charge in [-0.1, -0.05) is 38.3 Å². The number of hydrogen-bond acceptors (Lipinski definition) is 5. The van der Waals surface area contributed by atoms with Crippen LogP contribution >= 0.6 is 0 Å². The molecule has 0 amide bonds. The fourth-order valence-electron chi connectivity index (χ4n) is 3.82. The summed E-state index contributed by atoms with van der Waals surface area (Å²) in [5.74, 6) is 3.22. The molecule has 0 atom stereocenters. The van der Waals surface area contributed by atoms with Crippen LogP contribution in [0.3, 0.4) is 0 Å². The third-order valence-corrected chi connectivity index (χ3v) is 5.52. The normalized spacial score (nSPS) is 19.4. The van der Waals surface area contributed by atoms with E-state index in [1.54, 1.807) is 7.11 Å². The predicted molar refractivity (Wildman–Crippen MR) is 106 cm³/mol.